The van der Waals surface area contributed by atoms with Gasteiger partial charge >= 0.3 is 0 Å². The number of hydrogen-bond acceptors (Lipinski definition) is 2. The van der Waals surface area contributed by atoms with Crippen LogP contribution in [0, 0.1) is 13.8 Å². The van der Waals surface area contributed by atoms with Crippen LogP contribution < -0.4 is 5.32 Å². The molecule has 2 aliphatic heterocycles. The van der Waals surface area contributed by atoms with Crippen LogP contribution in [0.4, 0.5) is 0 Å². The Morgan fingerprint density at radius 3 is 2.47 bits per heavy atom. The van der Waals surface area contributed by atoms with Crippen molar-refractivity contribution in [1.82, 2.24) is 5.32 Å². The van der Waals surface area contributed by atoms with E-state index in [9.17, 15) is 5.11 Å². The SMILES string of the molecule is Cc1ccc(C)c(C2(O)CC3CCC(C2)N3)c1. The third kappa shape index (κ3) is 1.90. The molecule has 17 heavy (non-hydrogen) atoms. The fourth-order valence-corrected chi connectivity index (χ4v) is 3.58. The van der Waals surface area contributed by atoms with Crippen LogP contribution in [0.15, 0.2) is 18.2 Å². The number of fused-ring (bicyclic) bond motifs is 2. The fourth-order valence-electron chi connectivity index (χ4n) is 3.58. The lowest BCUT2D eigenvalue weighted by Gasteiger charge is -2.38. The van der Waals surface area contributed by atoms with Crippen LogP contribution in [0.2, 0.25) is 0 Å². The van der Waals surface area contributed by atoms with Gasteiger partial charge in [-0.05, 0) is 50.7 Å². The lowest BCUT2D eigenvalue weighted by atomic mass is 9.79. The van der Waals surface area contributed by atoms with Crippen molar-refractivity contribution < 1.29 is 5.11 Å². The van der Waals surface area contributed by atoms with E-state index < -0.39 is 5.60 Å². The molecule has 2 unspecified atom stereocenters. The zero-order valence-electron chi connectivity index (χ0n) is 10.7. The topological polar surface area (TPSA) is 32.3 Å². The molecule has 2 nitrogen and oxygen atoms in total. The zero-order chi connectivity index (χ0) is 12.0. The van der Waals surface area contributed by atoms with Crippen molar-refractivity contribution in [2.24, 2.45) is 0 Å². The molecule has 0 spiro atoms. The van der Waals surface area contributed by atoms with E-state index >= 15 is 0 Å². The first-order valence-electron chi connectivity index (χ1n) is 6.63. The zero-order valence-corrected chi connectivity index (χ0v) is 10.7. The average Bonchev–Trinajstić information content (AvgIpc) is 2.62. The van der Waals surface area contributed by atoms with Crippen molar-refractivity contribution in [3.05, 3.63) is 34.9 Å². The van der Waals surface area contributed by atoms with Gasteiger partial charge < -0.3 is 10.4 Å². The first kappa shape index (κ1) is 11.2. The molecule has 0 saturated carbocycles. The Kier molecular flexibility index (Phi) is 2.53. The van der Waals surface area contributed by atoms with Gasteiger partial charge in [0.25, 0.3) is 0 Å². The molecule has 2 fully saturated rings. The maximum absolute atomic E-state index is 11.0. The van der Waals surface area contributed by atoms with Gasteiger partial charge in [-0.25, -0.2) is 0 Å². The number of benzene rings is 1. The Labute approximate surface area is 103 Å². The van der Waals surface area contributed by atoms with Gasteiger partial charge in [-0.15, -0.1) is 0 Å². The summed E-state index contributed by atoms with van der Waals surface area (Å²) < 4.78 is 0. The number of hydrogen-bond donors (Lipinski definition) is 2. The Hall–Kier alpha value is -0.860. The van der Waals surface area contributed by atoms with E-state index in [0.717, 1.165) is 18.4 Å². The van der Waals surface area contributed by atoms with Crippen LogP contribution in [0.3, 0.4) is 0 Å². The minimum Gasteiger partial charge on any atom is -0.385 e. The lowest BCUT2D eigenvalue weighted by Crippen LogP contribution is -2.47. The van der Waals surface area contributed by atoms with E-state index in [1.807, 2.05) is 0 Å². The summed E-state index contributed by atoms with van der Waals surface area (Å²) in [5.74, 6) is 0. The van der Waals surface area contributed by atoms with Crippen LogP contribution in [-0.4, -0.2) is 17.2 Å². The molecule has 0 aromatic heterocycles. The van der Waals surface area contributed by atoms with Crippen molar-refractivity contribution in [3.63, 3.8) is 0 Å². The average molecular weight is 231 g/mol. The van der Waals surface area contributed by atoms with Crippen LogP contribution in [0.1, 0.15) is 42.4 Å². The molecule has 0 amide bonds. The summed E-state index contributed by atoms with van der Waals surface area (Å²) >= 11 is 0. The number of piperidine rings is 1. The summed E-state index contributed by atoms with van der Waals surface area (Å²) in [5, 5.41) is 14.6. The molecule has 3 rings (SSSR count). The summed E-state index contributed by atoms with van der Waals surface area (Å²) in [6.45, 7) is 4.21. The molecule has 2 N–H and O–H groups in total. The quantitative estimate of drug-likeness (QED) is 0.778. The maximum atomic E-state index is 11.0. The van der Waals surface area contributed by atoms with Gasteiger partial charge in [-0.3, -0.25) is 0 Å². The number of aliphatic hydroxyl groups is 1. The molecule has 0 aliphatic carbocycles. The van der Waals surface area contributed by atoms with Crippen LogP contribution in [0.5, 0.6) is 0 Å². The summed E-state index contributed by atoms with van der Waals surface area (Å²) in [4.78, 5) is 0. The fraction of sp³-hybridized carbons (Fsp3) is 0.600. The molecule has 1 aromatic carbocycles. The summed E-state index contributed by atoms with van der Waals surface area (Å²) in [7, 11) is 0. The standard InChI is InChI=1S/C15H21NO/c1-10-3-4-11(2)14(7-10)15(17)8-12-5-6-13(9-15)16-12/h3-4,7,12-13,16-17H,5-6,8-9H2,1-2H3. The highest BCUT2D eigenvalue weighted by molar-refractivity contribution is 5.36. The van der Waals surface area contributed by atoms with Crippen LogP contribution in [0.25, 0.3) is 0 Å². The van der Waals surface area contributed by atoms with Crippen molar-refractivity contribution in [1.29, 1.82) is 0 Å². The Morgan fingerprint density at radius 1 is 1.18 bits per heavy atom. The molecule has 2 heteroatoms. The van der Waals surface area contributed by atoms with Crippen LogP contribution >= 0.6 is 0 Å². The summed E-state index contributed by atoms with van der Waals surface area (Å²) in [6.07, 6.45) is 4.18. The van der Waals surface area contributed by atoms with Gasteiger partial charge in [-0.2, -0.15) is 0 Å². The molecule has 2 heterocycles. The van der Waals surface area contributed by atoms with Gasteiger partial charge in [0.1, 0.15) is 0 Å². The third-order valence-electron chi connectivity index (χ3n) is 4.40. The monoisotopic (exact) mass is 231 g/mol. The van der Waals surface area contributed by atoms with Crippen LogP contribution in [-0.2, 0) is 5.60 Å². The second kappa shape index (κ2) is 3.82. The molecular formula is C15H21NO. The molecule has 2 saturated heterocycles. The van der Waals surface area contributed by atoms with Crippen molar-refractivity contribution in [2.45, 2.75) is 57.2 Å². The highest BCUT2D eigenvalue weighted by Gasteiger charge is 2.43. The predicted molar refractivity (Wildman–Crippen MR) is 69.0 cm³/mol. The predicted octanol–water partition coefficient (Wildman–Crippen LogP) is 2.41. The molecular weight excluding hydrogens is 210 g/mol. The molecule has 92 valence electrons. The molecule has 2 bridgehead atoms. The second-order valence-corrected chi connectivity index (χ2v) is 5.90. The van der Waals surface area contributed by atoms with E-state index in [1.165, 1.54) is 24.0 Å². The molecule has 2 aliphatic rings. The minimum absolute atomic E-state index is 0.513. The highest BCUT2D eigenvalue weighted by Crippen LogP contribution is 2.41. The number of nitrogens with one attached hydrogen (secondary N) is 1. The second-order valence-electron chi connectivity index (χ2n) is 5.90. The van der Waals surface area contributed by atoms with Gasteiger partial charge in [0.2, 0.25) is 0 Å². The summed E-state index contributed by atoms with van der Waals surface area (Å²) in [6, 6.07) is 7.45. The Balaban J connectivity index is 1.99. The molecule has 1 aromatic rings. The van der Waals surface area contributed by atoms with Gasteiger partial charge in [-0.1, -0.05) is 23.8 Å². The van der Waals surface area contributed by atoms with E-state index in [4.69, 9.17) is 0 Å². The maximum Gasteiger partial charge on any atom is 0.0928 e. The lowest BCUT2D eigenvalue weighted by molar-refractivity contribution is -0.0120. The van der Waals surface area contributed by atoms with Gasteiger partial charge in [0, 0.05) is 12.1 Å². The van der Waals surface area contributed by atoms with E-state index in [2.05, 4.69) is 37.4 Å². The molecule has 0 radical (unpaired) electrons. The third-order valence-corrected chi connectivity index (χ3v) is 4.40. The minimum atomic E-state index is -0.604. The normalized spacial score (nSPS) is 36.2. The van der Waals surface area contributed by atoms with Gasteiger partial charge in [0.05, 0.1) is 5.60 Å². The van der Waals surface area contributed by atoms with E-state index in [0.29, 0.717) is 12.1 Å². The first-order valence-corrected chi connectivity index (χ1v) is 6.63. The smallest absolute Gasteiger partial charge is 0.0928 e. The van der Waals surface area contributed by atoms with Gasteiger partial charge in [0.15, 0.2) is 0 Å². The Bertz CT molecular complexity index is 429. The number of aryl methyl sites for hydroxylation is 2. The van der Waals surface area contributed by atoms with E-state index in [-0.39, 0.29) is 0 Å². The summed E-state index contributed by atoms with van der Waals surface area (Å²) in [5.41, 5.74) is 3.01. The van der Waals surface area contributed by atoms with Crippen molar-refractivity contribution in [2.75, 3.05) is 0 Å². The highest BCUT2D eigenvalue weighted by atomic mass is 16.3. The molecule has 2 atom stereocenters. The van der Waals surface area contributed by atoms with Crippen molar-refractivity contribution >= 4 is 0 Å². The largest absolute Gasteiger partial charge is 0.385 e. The van der Waals surface area contributed by atoms with Crippen molar-refractivity contribution in [3.8, 4) is 0 Å². The first-order chi connectivity index (χ1) is 8.07. The van der Waals surface area contributed by atoms with E-state index in [1.54, 1.807) is 0 Å². The number of rotatable bonds is 1. The Morgan fingerprint density at radius 2 is 1.82 bits per heavy atom.